The van der Waals surface area contributed by atoms with E-state index in [4.69, 9.17) is 14.9 Å². The van der Waals surface area contributed by atoms with Crippen molar-refractivity contribution in [1.82, 2.24) is 9.88 Å². The lowest BCUT2D eigenvalue weighted by Gasteiger charge is -2.36. The Balaban J connectivity index is 1.86. The fourth-order valence-electron chi connectivity index (χ4n) is 4.27. The van der Waals surface area contributed by atoms with Gasteiger partial charge >= 0.3 is 0 Å². The molecule has 1 aliphatic heterocycles. The van der Waals surface area contributed by atoms with Crippen LogP contribution in [0.25, 0.3) is 11.0 Å². The molecule has 1 saturated heterocycles. The van der Waals surface area contributed by atoms with Crippen molar-refractivity contribution in [3.8, 4) is 5.75 Å². The van der Waals surface area contributed by atoms with Crippen LogP contribution < -0.4 is 10.5 Å². The van der Waals surface area contributed by atoms with Gasteiger partial charge in [0.25, 0.3) is 11.8 Å². The molecule has 2 N–H and O–H groups in total. The molecule has 1 unspecified atom stereocenters. The van der Waals surface area contributed by atoms with Gasteiger partial charge in [-0.1, -0.05) is 0 Å². The number of halogens is 2. The summed E-state index contributed by atoms with van der Waals surface area (Å²) >= 11 is 1.47. The number of rotatable bonds is 5. The highest BCUT2D eigenvalue weighted by atomic mass is 32.1. The van der Waals surface area contributed by atoms with E-state index in [9.17, 15) is 13.6 Å². The third-order valence-corrected chi connectivity index (χ3v) is 6.38. The first kappa shape index (κ1) is 20.7. The largest absolute Gasteiger partial charge is 0.488 e. The van der Waals surface area contributed by atoms with Crippen molar-refractivity contribution >= 4 is 28.2 Å². The van der Waals surface area contributed by atoms with Crippen LogP contribution >= 0.6 is 11.3 Å². The topological polar surface area (TPSA) is 81.6 Å². The molecule has 3 aromatic rings. The number of carbonyl (C=O) groups excluding carboxylic acids is 1. The Bertz CT molecular complexity index is 1110. The zero-order valence-electron chi connectivity index (χ0n) is 17.0. The number of thiazole rings is 1. The fourth-order valence-corrected chi connectivity index (χ4v) is 4.96. The van der Waals surface area contributed by atoms with Crippen LogP contribution in [0.4, 0.5) is 8.78 Å². The molecule has 1 fully saturated rings. The van der Waals surface area contributed by atoms with Crippen molar-refractivity contribution in [3.63, 3.8) is 0 Å². The van der Waals surface area contributed by atoms with Crippen molar-refractivity contribution in [2.45, 2.75) is 38.7 Å². The molecule has 0 aliphatic carbocycles. The van der Waals surface area contributed by atoms with E-state index in [1.165, 1.54) is 11.3 Å². The molecule has 1 atom stereocenters. The summed E-state index contributed by atoms with van der Waals surface area (Å²) in [7, 11) is 1.66. The van der Waals surface area contributed by atoms with Crippen LogP contribution in [-0.4, -0.2) is 41.9 Å². The number of primary amides is 1. The number of aromatic nitrogens is 1. The first-order valence-electron chi connectivity index (χ1n) is 9.60. The maximum Gasteiger partial charge on any atom is 0.261 e. The molecule has 160 valence electrons. The van der Waals surface area contributed by atoms with Crippen molar-refractivity contribution in [2.75, 3.05) is 20.1 Å². The molecule has 0 bridgehead atoms. The molecule has 3 heterocycles. The molecule has 1 amide bonds. The van der Waals surface area contributed by atoms with Gasteiger partial charge in [-0.25, -0.2) is 13.8 Å². The van der Waals surface area contributed by atoms with Crippen molar-refractivity contribution in [1.29, 1.82) is 0 Å². The van der Waals surface area contributed by atoms with E-state index in [1.54, 1.807) is 36.5 Å². The fraction of sp³-hybridized carbons (Fsp3) is 0.429. The lowest BCUT2D eigenvalue weighted by molar-refractivity contribution is -0.0650. The Morgan fingerprint density at radius 3 is 2.83 bits per heavy atom. The summed E-state index contributed by atoms with van der Waals surface area (Å²) in [6, 6.07) is 3.41. The molecule has 1 aliphatic rings. The Labute approximate surface area is 176 Å². The third-order valence-electron chi connectivity index (χ3n) is 5.47. The molecule has 0 radical (unpaired) electrons. The van der Waals surface area contributed by atoms with Gasteiger partial charge in [-0.15, -0.1) is 11.3 Å². The second kappa shape index (κ2) is 7.63. The molecule has 2 aromatic heterocycles. The third kappa shape index (κ3) is 3.79. The van der Waals surface area contributed by atoms with Gasteiger partial charge in [0.05, 0.1) is 28.2 Å². The van der Waals surface area contributed by atoms with Gasteiger partial charge in [-0.2, -0.15) is 0 Å². The number of likely N-dealkylation sites (tertiary alicyclic amines) is 1. The summed E-state index contributed by atoms with van der Waals surface area (Å²) in [4.78, 5) is 18.9. The molecule has 1 aromatic carbocycles. The van der Waals surface area contributed by atoms with Gasteiger partial charge < -0.3 is 14.9 Å². The smallest absolute Gasteiger partial charge is 0.261 e. The van der Waals surface area contributed by atoms with E-state index in [0.717, 1.165) is 10.6 Å². The summed E-state index contributed by atoms with van der Waals surface area (Å²) in [6.45, 7) is 3.90. The number of furan rings is 1. The minimum absolute atomic E-state index is 0.218. The van der Waals surface area contributed by atoms with Gasteiger partial charge in [-0.3, -0.25) is 9.69 Å². The first-order valence-corrected chi connectivity index (χ1v) is 10.5. The SMILES string of the molecule is Cc1ncsc1COc1ccc2oc(C)c(C(N)=O)c2c1C1CN(C)CC(F)(F)C1. The molecular formula is C21H23F2N3O3S. The van der Waals surface area contributed by atoms with Gasteiger partial charge in [0.15, 0.2) is 0 Å². The van der Waals surface area contributed by atoms with Crippen LogP contribution in [0.1, 0.15) is 44.6 Å². The molecule has 0 saturated carbocycles. The van der Waals surface area contributed by atoms with E-state index in [2.05, 4.69) is 4.98 Å². The number of hydrogen-bond donors (Lipinski definition) is 1. The zero-order valence-corrected chi connectivity index (χ0v) is 17.8. The zero-order chi connectivity index (χ0) is 21.6. The molecule has 4 rings (SSSR count). The number of aryl methyl sites for hydroxylation is 2. The van der Waals surface area contributed by atoms with Crippen molar-refractivity contribution in [3.05, 3.63) is 45.1 Å². The Hall–Kier alpha value is -2.52. The van der Waals surface area contributed by atoms with Gasteiger partial charge in [0, 0.05) is 29.8 Å². The van der Waals surface area contributed by atoms with Crippen molar-refractivity contribution < 1.29 is 22.7 Å². The van der Waals surface area contributed by atoms with Crippen molar-refractivity contribution in [2.24, 2.45) is 5.73 Å². The minimum Gasteiger partial charge on any atom is -0.488 e. The van der Waals surface area contributed by atoms with Crippen LogP contribution in [0.3, 0.4) is 0 Å². The number of alkyl halides is 2. The second-order valence-electron chi connectivity index (χ2n) is 7.85. The van der Waals surface area contributed by atoms with E-state index >= 15 is 0 Å². The number of benzene rings is 1. The Morgan fingerprint density at radius 2 is 2.20 bits per heavy atom. The monoisotopic (exact) mass is 435 g/mol. The minimum atomic E-state index is -2.85. The predicted molar refractivity (Wildman–Crippen MR) is 110 cm³/mol. The number of ether oxygens (including phenoxy) is 1. The second-order valence-corrected chi connectivity index (χ2v) is 8.79. The van der Waals surface area contributed by atoms with E-state index < -0.39 is 17.7 Å². The van der Waals surface area contributed by atoms with E-state index in [-0.39, 0.29) is 25.1 Å². The summed E-state index contributed by atoms with van der Waals surface area (Å²) in [6.07, 6.45) is -0.338. The first-order chi connectivity index (χ1) is 14.2. The highest BCUT2D eigenvalue weighted by Gasteiger charge is 2.41. The standard InChI is InChI=1S/C21H23F2N3O3S/c1-11-16(30-10-25-11)8-28-14-4-5-15-19(17(20(24)27)12(2)29-15)18(14)13-6-21(22,23)9-26(3)7-13/h4-5,10,13H,6-9H2,1-3H3,(H2,24,27). The Morgan fingerprint density at radius 1 is 1.43 bits per heavy atom. The summed E-state index contributed by atoms with van der Waals surface area (Å²) < 4.78 is 40.7. The number of nitrogens with zero attached hydrogens (tertiary/aromatic N) is 2. The molecular weight excluding hydrogens is 412 g/mol. The highest BCUT2D eigenvalue weighted by molar-refractivity contribution is 7.09. The molecule has 6 nitrogen and oxygen atoms in total. The average Bonchev–Trinajstić information content (AvgIpc) is 3.19. The number of likely N-dealkylation sites (N-methyl/N-ethyl adjacent to an activating group) is 1. The number of nitrogens with two attached hydrogens (primary N) is 1. The summed E-state index contributed by atoms with van der Waals surface area (Å²) in [5.74, 6) is -3.23. The van der Waals surface area contributed by atoms with Gasteiger partial charge in [0.2, 0.25) is 0 Å². The van der Waals surface area contributed by atoms with E-state index in [0.29, 0.717) is 34.6 Å². The lowest BCUT2D eigenvalue weighted by atomic mass is 9.85. The number of piperidine rings is 1. The van der Waals surface area contributed by atoms with Gasteiger partial charge in [0.1, 0.15) is 23.7 Å². The quantitative estimate of drug-likeness (QED) is 0.648. The van der Waals surface area contributed by atoms with Crippen LogP contribution in [0.2, 0.25) is 0 Å². The molecule has 30 heavy (non-hydrogen) atoms. The summed E-state index contributed by atoms with van der Waals surface area (Å²) in [5.41, 5.74) is 9.43. The predicted octanol–water partition coefficient (Wildman–Crippen LogP) is 4.24. The van der Waals surface area contributed by atoms with Gasteiger partial charge in [-0.05, 0) is 33.0 Å². The highest BCUT2D eigenvalue weighted by Crippen LogP contribution is 2.44. The van der Waals surface area contributed by atoms with Crippen LogP contribution in [-0.2, 0) is 6.61 Å². The number of hydrogen-bond acceptors (Lipinski definition) is 6. The normalized spacial score (nSPS) is 19.3. The van der Waals surface area contributed by atoms with E-state index in [1.807, 2.05) is 6.92 Å². The average molecular weight is 435 g/mol. The number of carbonyl (C=O) groups is 1. The number of fused-ring (bicyclic) bond motifs is 1. The maximum atomic E-state index is 14.4. The lowest BCUT2D eigenvalue weighted by Crippen LogP contribution is -2.44. The van der Waals surface area contributed by atoms with Crippen LogP contribution in [0, 0.1) is 13.8 Å². The van der Waals surface area contributed by atoms with Crippen LogP contribution in [0.15, 0.2) is 22.1 Å². The van der Waals surface area contributed by atoms with Crippen LogP contribution in [0.5, 0.6) is 5.75 Å². The summed E-state index contributed by atoms with van der Waals surface area (Å²) in [5, 5.41) is 0.467. The molecule has 0 spiro atoms. The maximum absolute atomic E-state index is 14.4. The number of amides is 1. The Kier molecular flexibility index (Phi) is 5.27. The molecule has 9 heteroatoms.